The topological polar surface area (TPSA) is 142 Å². The molecule has 228 valence electrons. The van der Waals surface area contributed by atoms with Gasteiger partial charge >= 0.3 is 11.9 Å². The first kappa shape index (κ1) is 32.2. The molecule has 0 radical (unpaired) electrons. The van der Waals surface area contributed by atoms with Crippen molar-refractivity contribution in [2.45, 2.75) is 75.1 Å². The molecular formula is C33H37NO8S. The van der Waals surface area contributed by atoms with E-state index in [1.165, 1.54) is 11.8 Å². The summed E-state index contributed by atoms with van der Waals surface area (Å²) in [6.45, 7) is 0.335. The fourth-order valence-electron chi connectivity index (χ4n) is 4.79. The Balaban J connectivity index is 1.39. The fourth-order valence-corrected chi connectivity index (χ4v) is 5.86. The Kier molecular flexibility index (Phi) is 12.2. The predicted molar refractivity (Wildman–Crippen MR) is 162 cm³/mol. The number of carbonyl (C=O) groups excluding carboxylic acids is 1. The monoisotopic (exact) mass is 607 g/mol. The molecule has 10 heteroatoms. The summed E-state index contributed by atoms with van der Waals surface area (Å²) in [5, 5.41) is 30.6. The Hall–Kier alpha value is -3.70. The molecule has 0 aliphatic carbocycles. The molecular weight excluding hydrogens is 570 g/mol. The van der Waals surface area contributed by atoms with Gasteiger partial charge in [0, 0.05) is 42.0 Å². The van der Waals surface area contributed by atoms with Gasteiger partial charge in [0.05, 0.1) is 24.4 Å². The lowest BCUT2D eigenvalue weighted by Crippen LogP contribution is -2.31. The second kappa shape index (κ2) is 16.2. The second-order valence-corrected chi connectivity index (χ2v) is 11.5. The quantitative estimate of drug-likeness (QED) is 0.123. The molecule has 1 heterocycles. The van der Waals surface area contributed by atoms with Gasteiger partial charge in [0.15, 0.2) is 6.29 Å². The number of rotatable bonds is 15. The third-order valence-electron chi connectivity index (χ3n) is 7.19. The number of carboxylic acid groups (broad SMARTS) is 2. The molecule has 3 aromatic rings. The Morgan fingerprint density at radius 1 is 0.814 bits per heavy atom. The summed E-state index contributed by atoms with van der Waals surface area (Å²) in [5.74, 6) is -1.32. The van der Waals surface area contributed by atoms with Gasteiger partial charge in [-0.3, -0.25) is 9.59 Å². The number of hydrogen-bond acceptors (Lipinski definition) is 7. The van der Waals surface area contributed by atoms with Crippen LogP contribution in [0.3, 0.4) is 0 Å². The number of aliphatic carboxylic acids is 1. The highest BCUT2D eigenvalue weighted by molar-refractivity contribution is 7.99. The van der Waals surface area contributed by atoms with E-state index < -0.39 is 18.2 Å². The lowest BCUT2D eigenvalue weighted by atomic mass is 10.0. The van der Waals surface area contributed by atoms with Gasteiger partial charge in [0.25, 0.3) is 0 Å². The van der Waals surface area contributed by atoms with Crippen LogP contribution in [-0.2, 0) is 32.2 Å². The number of aliphatic hydroxyl groups excluding tert-OH is 1. The van der Waals surface area contributed by atoms with Gasteiger partial charge in [-0.05, 0) is 41.7 Å². The molecule has 4 N–H and O–H groups in total. The molecule has 4 rings (SSSR count). The van der Waals surface area contributed by atoms with E-state index >= 15 is 0 Å². The average molecular weight is 608 g/mol. The lowest BCUT2D eigenvalue weighted by Gasteiger charge is -2.36. The van der Waals surface area contributed by atoms with Crippen LogP contribution in [0.2, 0.25) is 0 Å². The molecule has 0 saturated carbocycles. The Morgan fingerprint density at radius 3 is 2.19 bits per heavy atom. The van der Waals surface area contributed by atoms with Crippen molar-refractivity contribution >= 4 is 29.6 Å². The number of benzene rings is 3. The summed E-state index contributed by atoms with van der Waals surface area (Å²) in [6.07, 6.45) is 1.86. The van der Waals surface area contributed by atoms with Gasteiger partial charge in [-0.25, -0.2) is 4.79 Å². The maximum atomic E-state index is 12.2. The van der Waals surface area contributed by atoms with Crippen molar-refractivity contribution in [3.63, 3.8) is 0 Å². The van der Waals surface area contributed by atoms with E-state index in [1.54, 1.807) is 18.2 Å². The predicted octanol–water partition coefficient (Wildman–Crippen LogP) is 5.87. The van der Waals surface area contributed by atoms with Crippen molar-refractivity contribution in [2.75, 3.05) is 5.75 Å². The number of ether oxygens (including phenoxy) is 2. The third kappa shape index (κ3) is 9.93. The molecule has 1 fully saturated rings. The number of unbranched alkanes of at least 4 members (excludes halogenated alkanes) is 2. The first-order valence-electron chi connectivity index (χ1n) is 14.4. The molecule has 1 amide bonds. The SMILES string of the molecule is O=C(O)CCCCCC(=O)NCc1ccc(C2OC(CSc3ccccc3C(=O)O)CC(c3ccc(CO)cc3)O2)cc1. The molecule has 1 aliphatic rings. The van der Waals surface area contributed by atoms with E-state index in [1.807, 2.05) is 54.6 Å². The van der Waals surface area contributed by atoms with Crippen LogP contribution in [-0.4, -0.2) is 45.0 Å². The van der Waals surface area contributed by atoms with Gasteiger partial charge in [0.2, 0.25) is 5.91 Å². The fraction of sp³-hybridized carbons (Fsp3) is 0.364. The molecule has 3 unspecified atom stereocenters. The zero-order valence-corrected chi connectivity index (χ0v) is 24.6. The molecule has 1 saturated heterocycles. The summed E-state index contributed by atoms with van der Waals surface area (Å²) >= 11 is 1.44. The zero-order valence-electron chi connectivity index (χ0n) is 23.8. The highest BCUT2D eigenvalue weighted by atomic mass is 32.2. The maximum Gasteiger partial charge on any atom is 0.336 e. The molecule has 43 heavy (non-hydrogen) atoms. The third-order valence-corrected chi connectivity index (χ3v) is 8.40. The number of hydrogen-bond donors (Lipinski definition) is 4. The number of carboxylic acids is 2. The minimum atomic E-state index is -0.970. The smallest absolute Gasteiger partial charge is 0.336 e. The summed E-state index contributed by atoms with van der Waals surface area (Å²) < 4.78 is 12.8. The van der Waals surface area contributed by atoms with Crippen molar-refractivity contribution in [3.8, 4) is 0 Å². The molecule has 0 bridgehead atoms. The lowest BCUT2D eigenvalue weighted by molar-refractivity contribution is -0.245. The van der Waals surface area contributed by atoms with Crippen molar-refractivity contribution in [1.82, 2.24) is 5.32 Å². The Bertz CT molecular complexity index is 1360. The standard InChI is InChI=1S/C33H37NO8S/c35-20-23-12-14-24(15-13-23)28-18-26(21-43-29-7-5-4-6-27(29)32(39)40)41-33(42-28)25-16-10-22(11-17-25)19-34-30(36)8-2-1-3-9-31(37)38/h4-7,10-17,26,28,33,35H,1-3,8-9,18-21H2,(H,34,36)(H,37,38)(H,39,40). The Morgan fingerprint density at radius 2 is 1.49 bits per heavy atom. The van der Waals surface area contributed by atoms with Crippen LogP contribution in [0.15, 0.2) is 77.7 Å². The van der Waals surface area contributed by atoms with E-state index in [9.17, 15) is 24.6 Å². The highest BCUT2D eigenvalue weighted by Crippen LogP contribution is 2.39. The second-order valence-electron chi connectivity index (χ2n) is 10.4. The molecule has 3 atom stereocenters. The van der Waals surface area contributed by atoms with E-state index in [-0.39, 0.29) is 36.7 Å². The first-order valence-corrected chi connectivity index (χ1v) is 15.3. The molecule has 0 spiro atoms. The average Bonchev–Trinajstić information content (AvgIpc) is 3.02. The van der Waals surface area contributed by atoms with Gasteiger partial charge in [-0.2, -0.15) is 0 Å². The first-order chi connectivity index (χ1) is 20.8. The number of carbonyl (C=O) groups is 3. The van der Waals surface area contributed by atoms with Crippen molar-refractivity contribution in [2.24, 2.45) is 0 Å². The molecule has 0 aromatic heterocycles. The van der Waals surface area contributed by atoms with Crippen LogP contribution in [0.5, 0.6) is 0 Å². The van der Waals surface area contributed by atoms with Gasteiger partial charge in [-0.15, -0.1) is 11.8 Å². The largest absolute Gasteiger partial charge is 0.481 e. The van der Waals surface area contributed by atoms with E-state index in [0.717, 1.165) is 22.3 Å². The summed E-state index contributed by atoms with van der Waals surface area (Å²) in [5.41, 5.74) is 3.78. The Labute approximate surface area is 255 Å². The van der Waals surface area contributed by atoms with Crippen LogP contribution in [0, 0.1) is 0 Å². The summed E-state index contributed by atoms with van der Waals surface area (Å²) in [4.78, 5) is 35.1. The zero-order chi connectivity index (χ0) is 30.6. The molecule has 1 aliphatic heterocycles. The minimum absolute atomic E-state index is 0.0423. The van der Waals surface area contributed by atoms with Crippen LogP contribution >= 0.6 is 11.8 Å². The van der Waals surface area contributed by atoms with Crippen molar-refractivity contribution < 1.29 is 39.2 Å². The van der Waals surface area contributed by atoms with Crippen LogP contribution in [0.25, 0.3) is 0 Å². The summed E-state index contributed by atoms with van der Waals surface area (Å²) in [7, 11) is 0. The number of nitrogens with one attached hydrogen (secondary N) is 1. The van der Waals surface area contributed by atoms with Crippen LogP contribution in [0.4, 0.5) is 0 Å². The molecule has 3 aromatic carbocycles. The van der Waals surface area contributed by atoms with Gasteiger partial charge < -0.3 is 30.1 Å². The van der Waals surface area contributed by atoms with Crippen molar-refractivity contribution in [3.05, 3.63) is 101 Å². The highest BCUT2D eigenvalue weighted by Gasteiger charge is 2.32. The molecule has 9 nitrogen and oxygen atoms in total. The van der Waals surface area contributed by atoms with E-state index in [2.05, 4.69) is 5.32 Å². The number of amides is 1. The maximum absolute atomic E-state index is 12.2. The normalized spacial score (nSPS) is 18.2. The van der Waals surface area contributed by atoms with Gasteiger partial charge in [-0.1, -0.05) is 67.1 Å². The number of thioether (sulfide) groups is 1. The van der Waals surface area contributed by atoms with Crippen molar-refractivity contribution in [1.29, 1.82) is 0 Å². The number of aromatic carboxylic acids is 1. The van der Waals surface area contributed by atoms with Crippen LogP contribution in [0.1, 0.15) is 83.5 Å². The van der Waals surface area contributed by atoms with E-state index in [4.69, 9.17) is 14.6 Å². The van der Waals surface area contributed by atoms with Gasteiger partial charge in [0.1, 0.15) is 0 Å². The van der Waals surface area contributed by atoms with E-state index in [0.29, 0.717) is 49.3 Å². The summed E-state index contributed by atoms with van der Waals surface area (Å²) in [6, 6.07) is 22.2. The van der Waals surface area contributed by atoms with Crippen LogP contribution < -0.4 is 5.32 Å². The minimum Gasteiger partial charge on any atom is -0.481 e. The number of aliphatic hydroxyl groups is 1.